The third-order valence-electron chi connectivity index (χ3n) is 3.45. The Morgan fingerprint density at radius 2 is 2.04 bits per heavy atom. The average Bonchev–Trinajstić information content (AvgIpc) is 2.87. The first kappa shape index (κ1) is 17.9. The van der Waals surface area contributed by atoms with Crippen LogP contribution in [0.5, 0.6) is 0 Å². The van der Waals surface area contributed by atoms with E-state index in [0.29, 0.717) is 0 Å². The molecule has 0 saturated heterocycles. The highest BCUT2D eigenvalue weighted by atomic mass is 35.5. The Kier molecular flexibility index (Phi) is 5.23. The lowest BCUT2D eigenvalue weighted by Crippen LogP contribution is -2.44. The molecule has 24 heavy (non-hydrogen) atoms. The largest absolute Gasteiger partial charge is 0.360 e. The van der Waals surface area contributed by atoms with Gasteiger partial charge in [0.25, 0.3) is 5.91 Å². The fourth-order valence-electron chi connectivity index (χ4n) is 2.25. The molecule has 0 aliphatic carbocycles. The Bertz CT molecular complexity index is 769. The lowest BCUT2D eigenvalue weighted by molar-refractivity contribution is -0.130. The molecule has 0 fully saturated rings. The number of amides is 2. The van der Waals surface area contributed by atoms with Crippen LogP contribution in [0.25, 0.3) is 11.3 Å². The van der Waals surface area contributed by atoms with Gasteiger partial charge >= 0.3 is 0 Å². The fraction of sp³-hybridized carbons (Fsp3) is 0.312. The van der Waals surface area contributed by atoms with Gasteiger partial charge in [0.05, 0.1) is 10.6 Å². The summed E-state index contributed by atoms with van der Waals surface area (Å²) in [5, 5.41) is 6.42. The van der Waals surface area contributed by atoms with Crippen LogP contribution < -0.4 is 5.32 Å². The van der Waals surface area contributed by atoms with E-state index in [-0.39, 0.29) is 33.5 Å². The standard InChI is InChI=1S/C16H17ClFN3O3/c1-8(16(23)21(3)4)19-15(22)12-9(2)24-20-14(12)13-10(17)6-5-7-11(13)18/h5-8H,1-4H3,(H,19,22). The number of benzene rings is 1. The van der Waals surface area contributed by atoms with E-state index in [0.717, 1.165) is 0 Å². The zero-order valence-electron chi connectivity index (χ0n) is 13.7. The van der Waals surface area contributed by atoms with Gasteiger partial charge in [-0.15, -0.1) is 0 Å². The molecule has 2 amide bonds. The van der Waals surface area contributed by atoms with Crippen LogP contribution in [0.3, 0.4) is 0 Å². The van der Waals surface area contributed by atoms with Crippen LogP contribution in [-0.4, -0.2) is 42.0 Å². The van der Waals surface area contributed by atoms with E-state index < -0.39 is 17.8 Å². The van der Waals surface area contributed by atoms with Crippen molar-refractivity contribution in [1.29, 1.82) is 0 Å². The number of carbonyl (C=O) groups excluding carboxylic acids is 2. The molecule has 2 rings (SSSR count). The van der Waals surface area contributed by atoms with E-state index in [4.69, 9.17) is 16.1 Å². The molecule has 1 aromatic heterocycles. The summed E-state index contributed by atoms with van der Waals surface area (Å²) in [5.41, 5.74) is 0.0192. The van der Waals surface area contributed by atoms with Crippen molar-refractivity contribution in [1.82, 2.24) is 15.4 Å². The summed E-state index contributed by atoms with van der Waals surface area (Å²) in [5.74, 6) is -1.29. The van der Waals surface area contributed by atoms with E-state index in [9.17, 15) is 14.0 Å². The van der Waals surface area contributed by atoms with Crippen LogP contribution in [0.2, 0.25) is 5.02 Å². The van der Waals surface area contributed by atoms with Gasteiger partial charge < -0.3 is 14.7 Å². The maximum absolute atomic E-state index is 14.1. The Morgan fingerprint density at radius 1 is 1.38 bits per heavy atom. The highest BCUT2D eigenvalue weighted by Crippen LogP contribution is 2.33. The molecule has 1 heterocycles. The highest BCUT2D eigenvalue weighted by molar-refractivity contribution is 6.33. The van der Waals surface area contributed by atoms with Crippen molar-refractivity contribution >= 4 is 23.4 Å². The number of hydrogen-bond acceptors (Lipinski definition) is 4. The number of nitrogens with one attached hydrogen (secondary N) is 1. The second-order valence-electron chi connectivity index (χ2n) is 5.49. The summed E-state index contributed by atoms with van der Waals surface area (Å²) in [6.07, 6.45) is 0. The van der Waals surface area contributed by atoms with Crippen molar-refractivity contribution in [2.75, 3.05) is 14.1 Å². The molecule has 1 atom stereocenters. The fourth-order valence-corrected chi connectivity index (χ4v) is 2.50. The van der Waals surface area contributed by atoms with Crippen LogP contribution in [0.1, 0.15) is 23.0 Å². The predicted octanol–water partition coefficient (Wildman–Crippen LogP) is 2.65. The summed E-state index contributed by atoms with van der Waals surface area (Å²) in [4.78, 5) is 25.8. The summed E-state index contributed by atoms with van der Waals surface area (Å²) < 4.78 is 19.2. The van der Waals surface area contributed by atoms with E-state index in [1.807, 2.05) is 0 Å². The van der Waals surface area contributed by atoms with Gasteiger partial charge in [0, 0.05) is 14.1 Å². The second kappa shape index (κ2) is 7.00. The first-order chi connectivity index (χ1) is 11.2. The molecule has 2 aromatic rings. The van der Waals surface area contributed by atoms with Gasteiger partial charge in [0.15, 0.2) is 0 Å². The van der Waals surface area contributed by atoms with Gasteiger partial charge in [-0.05, 0) is 26.0 Å². The van der Waals surface area contributed by atoms with Crippen LogP contribution in [0.15, 0.2) is 22.7 Å². The Hall–Kier alpha value is -2.41. The number of likely N-dealkylation sites (N-methyl/N-ethyl adjacent to an activating group) is 1. The highest BCUT2D eigenvalue weighted by Gasteiger charge is 2.27. The SMILES string of the molecule is Cc1onc(-c2c(F)cccc2Cl)c1C(=O)NC(C)C(=O)N(C)C. The van der Waals surface area contributed by atoms with Gasteiger partial charge in [-0.1, -0.05) is 22.8 Å². The predicted molar refractivity (Wildman–Crippen MR) is 87.3 cm³/mol. The maximum atomic E-state index is 14.1. The third-order valence-corrected chi connectivity index (χ3v) is 3.76. The number of nitrogens with zero attached hydrogens (tertiary/aromatic N) is 2. The minimum atomic E-state index is -0.759. The van der Waals surface area contributed by atoms with Crippen LogP contribution in [0, 0.1) is 12.7 Å². The summed E-state index contributed by atoms with van der Waals surface area (Å²) in [6.45, 7) is 3.08. The smallest absolute Gasteiger partial charge is 0.257 e. The number of carbonyl (C=O) groups is 2. The molecule has 1 N–H and O–H groups in total. The van der Waals surface area contributed by atoms with Crippen molar-refractivity contribution < 1.29 is 18.5 Å². The van der Waals surface area contributed by atoms with Crippen LogP contribution in [0.4, 0.5) is 4.39 Å². The number of rotatable bonds is 4. The van der Waals surface area contributed by atoms with Crippen LogP contribution >= 0.6 is 11.6 Å². The quantitative estimate of drug-likeness (QED) is 0.916. The molecule has 1 unspecified atom stereocenters. The molecule has 0 radical (unpaired) electrons. The first-order valence-electron chi connectivity index (χ1n) is 7.16. The van der Waals surface area contributed by atoms with Gasteiger partial charge in [0.1, 0.15) is 28.9 Å². The topological polar surface area (TPSA) is 75.4 Å². The molecular weight excluding hydrogens is 337 g/mol. The van der Waals surface area contributed by atoms with Gasteiger partial charge in [0.2, 0.25) is 5.91 Å². The zero-order valence-corrected chi connectivity index (χ0v) is 14.4. The number of aromatic nitrogens is 1. The van der Waals surface area contributed by atoms with Gasteiger partial charge in [-0.3, -0.25) is 9.59 Å². The van der Waals surface area contributed by atoms with Crippen molar-refractivity contribution in [3.8, 4) is 11.3 Å². The Labute approximate surface area is 143 Å². The minimum Gasteiger partial charge on any atom is -0.360 e. The summed E-state index contributed by atoms with van der Waals surface area (Å²) in [7, 11) is 3.17. The van der Waals surface area contributed by atoms with E-state index in [1.54, 1.807) is 21.0 Å². The molecule has 0 aliphatic rings. The van der Waals surface area contributed by atoms with E-state index >= 15 is 0 Å². The lowest BCUT2D eigenvalue weighted by Gasteiger charge is -2.18. The first-order valence-corrected chi connectivity index (χ1v) is 7.54. The molecule has 128 valence electrons. The molecule has 0 bridgehead atoms. The van der Waals surface area contributed by atoms with Crippen molar-refractivity contribution in [3.63, 3.8) is 0 Å². The lowest BCUT2D eigenvalue weighted by atomic mass is 10.0. The summed E-state index contributed by atoms with van der Waals surface area (Å²) in [6, 6.07) is 3.39. The van der Waals surface area contributed by atoms with Gasteiger partial charge in [-0.25, -0.2) is 4.39 Å². The minimum absolute atomic E-state index is 0.00222. The van der Waals surface area contributed by atoms with Crippen LogP contribution in [-0.2, 0) is 4.79 Å². The average molecular weight is 354 g/mol. The molecule has 6 nitrogen and oxygen atoms in total. The van der Waals surface area contributed by atoms with Gasteiger partial charge in [-0.2, -0.15) is 0 Å². The molecule has 0 spiro atoms. The maximum Gasteiger partial charge on any atom is 0.257 e. The van der Waals surface area contributed by atoms with Crippen molar-refractivity contribution in [2.24, 2.45) is 0 Å². The van der Waals surface area contributed by atoms with E-state index in [2.05, 4.69) is 10.5 Å². The van der Waals surface area contributed by atoms with Crippen molar-refractivity contribution in [3.05, 3.63) is 40.4 Å². The molecule has 8 heteroatoms. The molecule has 1 aromatic carbocycles. The molecule has 0 aliphatic heterocycles. The number of hydrogen-bond donors (Lipinski definition) is 1. The second-order valence-corrected chi connectivity index (χ2v) is 5.89. The van der Waals surface area contributed by atoms with E-state index in [1.165, 1.54) is 30.0 Å². The monoisotopic (exact) mass is 353 g/mol. The molecule has 0 saturated carbocycles. The normalized spacial score (nSPS) is 11.9. The number of halogens is 2. The Morgan fingerprint density at radius 3 is 2.62 bits per heavy atom. The van der Waals surface area contributed by atoms with Crippen molar-refractivity contribution in [2.45, 2.75) is 19.9 Å². The summed E-state index contributed by atoms with van der Waals surface area (Å²) >= 11 is 6.03. The number of aryl methyl sites for hydroxylation is 1. The zero-order chi connectivity index (χ0) is 18.0. The molecular formula is C16H17ClFN3O3. The Balaban J connectivity index is 2.41. The third kappa shape index (κ3) is 3.41.